The second-order valence-corrected chi connectivity index (χ2v) is 6.71. The number of anilines is 1. The quantitative estimate of drug-likeness (QED) is 0.807. The number of benzene rings is 1. The van der Waals surface area contributed by atoms with E-state index < -0.39 is 0 Å². The molecule has 0 amide bonds. The molecule has 2 heterocycles. The Kier molecular flexibility index (Phi) is 3.34. The van der Waals surface area contributed by atoms with Crippen LogP contribution in [0.1, 0.15) is 11.8 Å². The lowest BCUT2D eigenvalue weighted by Gasteiger charge is -2.24. The fraction of sp³-hybridized carbons (Fsp3) is 0.154. The van der Waals surface area contributed by atoms with Crippen LogP contribution < -0.4 is 15.8 Å². The Morgan fingerprint density at radius 2 is 2.00 bits per heavy atom. The number of hydrogen-bond donors (Lipinski definition) is 2. The number of thiophene rings is 1. The largest absolute Gasteiger partial charge is 0.337 e. The molecule has 0 bridgehead atoms. The Labute approximate surface area is 129 Å². The predicted octanol–water partition coefficient (Wildman–Crippen LogP) is 3.58. The van der Waals surface area contributed by atoms with Gasteiger partial charge in [0.1, 0.15) is 5.66 Å². The molecule has 19 heavy (non-hydrogen) atoms. The Morgan fingerprint density at radius 3 is 2.63 bits per heavy atom. The number of thiocarbonyl (C=S) groups is 1. The van der Waals surface area contributed by atoms with Crippen molar-refractivity contribution in [2.24, 2.45) is 0 Å². The maximum absolute atomic E-state index is 5.42. The van der Waals surface area contributed by atoms with Gasteiger partial charge in [-0.3, -0.25) is 0 Å². The van der Waals surface area contributed by atoms with Crippen molar-refractivity contribution >= 4 is 50.3 Å². The van der Waals surface area contributed by atoms with Gasteiger partial charge in [0.25, 0.3) is 0 Å². The molecule has 0 unspecified atom stereocenters. The summed E-state index contributed by atoms with van der Waals surface area (Å²) in [5.41, 5.74) is 4.10. The van der Waals surface area contributed by atoms with E-state index in [2.05, 4.69) is 45.0 Å². The SMILES string of the molecule is C[C@]1(c2cccs2)NC(=S)N(c2ccc(Br)cc2)N1. The molecular weight excluding hydrogens is 342 g/mol. The summed E-state index contributed by atoms with van der Waals surface area (Å²) in [7, 11) is 0. The molecule has 0 radical (unpaired) electrons. The van der Waals surface area contributed by atoms with Crippen LogP contribution >= 0.6 is 39.5 Å². The summed E-state index contributed by atoms with van der Waals surface area (Å²) in [6.45, 7) is 2.09. The molecule has 2 aromatic rings. The Bertz CT molecular complexity index is 597. The van der Waals surface area contributed by atoms with Gasteiger partial charge < -0.3 is 5.32 Å². The van der Waals surface area contributed by atoms with Gasteiger partial charge in [-0.25, -0.2) is 5.01 Å². The van der Waals surface area contributed by atoms with Crippen molar-refractivity contribution in [1.29, 1.82) is 0 Å². The zero-order valence-electron chi connectivity index (χ0n) is 10.2. The summed E-state index contributed by atoms with van der Waals surface area (Å²) in [5, 5.41) is 7.99. The van der Waals surface area contributed by atoms with E-state index in [4.69, 9.17) is 12.2 Å². The molecule has 1 aliphatic heterocycles. The molecule has 0 saturated carbocycles. The first kappa shape index (κ1) is 13.1. The maximum atomic E-state index is 5.42. The topological polar surface area (TPSA) is 27.3 Å². The average molecular weight is 354 g/mol. The standard InChI is InChI=1S/C13H12BrN3S2/c1-13(11-3-2-8-19-11)15-12(18)17(16-13)10-6-4-9(14)5-7-10/h2-8,16H,1H3,(H,15,18)/t13-/m0/s1. The summed E-state index contributed by atoms with van der Waals surface area (Å²) in [5.74, 6) is 0. The first-order valence-corrected chi connectivity index (χ1v) is 7.86. The van der Waals surface area contributed by atoms with E-state index in [1.54, 1.807) is 11.3 Å². The average Bonchev–Trinajstić information content (AvgIpc) is 2.99. The molecule has 2 N–H and O–H groups in total. The lowest BCUT2D eigenvalue weighted by atomic mass is 10.2. The number of halogens is 1. The third-order valence-electron chi connectivity index (χ3n) is 2.99. The third-order valence-corrected chi connectivity index (χ3v) is 4.90. The van der Waals surface area contributed by atoms with Crippen molar-refractivity contribution in [3.8, 4) is 0 Å². The van der Waals surface area contributed by atoms with Crippen LogP contribution in [-0.2, 0) is 5.66 Å². The summed E-state index contributed by atoms with van der Waals surface area (Å²) in [4.78, 5) is 1.20. The van der Waals surface area contributed by atoms with E-state index in [0.717, 1.165) is 10.2 Å². The highest BCUT2D eigenvalue weighted by Gasteiger charge is 2.38. The van der Waals surface area contributed by atoms with E-state index in [1.165, 1.54) is 4.88 Å². The Hall–Kier alpha value is -0.950. The minimum Gasteiger partial charge on any atom is -0.337 e. The van der Waals surface area contributed by atoms with Crippen molar-refractivity contribution in [2.45, 2.75) is 12.6 Å². The molecule has 6 heteroatoms. The van der Waals surface area contributed by atoms with Crippen LogP contribution in [0.3, 0.4) is 0 Å². The second-order valence-electron chi connectivity index (χ2n) is 4.46. The van der Waals surface area contributed by atoms with Crippen molar-refractivity contribution in [3.05, 3.63) is 51.1 Å². The smallest absolute Gasteiger partial charge is 0.190 e. The lowest BCUT2D eigenvalue weighted by molar-refractivity contribution is 0.398. The summed E-state index contributed by atoms with van der Waals surface area (Å²) >= 11 is 10.6. The molecule has 0 spiro atoms. The Morgan fingerprint density at radius 1 is 1.26 bits per heavy atom. The van der Waals surface area contributed by atoms with Crippen molar-refractivity contribution < 1.29 is 0 Å². The van der Waals surface area contributed by atoms with Crippen LogP contribution in [-0.4, -0.2) is 5.11 Å². The van der Waals surface area contributed by atoms with Crippen LogP contribution in [0, 0.1) is 0 Å². The third kappa shape index (κ3) is 2.41. The molecule has 1 fully saturated rings. The van der Waals surface area contributed by atoms with Gasteiger partial charge in [-0.2, -0.15) is 5.43 Å². The molecule has 3 rings (SSSR count). The van der Waals surface area contributed by atoms with E-state index in [1.807, 2.05) is 35.3 Å². The number of hydrazine groups is 1. The monoisotopic (exact) mass is 353 g/mol. The van der Waals surface area contributed by atoms with Gasteiger partial charge in [-0.15, -0.1) is 11.3 Å². The van der Waals surface area contributed by atoms with Gasteiger partial charge >= 0.3 is 0 Å². The number of rotatable bonds is 2. The first-order chi connectivity index (χ1) is 9.08. The lowest BCUT2D eigenvalue weighted by Crippen LogP contribution is -2.45. The zero-order valence-corrected chi connectivity index (χ0v) is 13.4. The highest BCUT2D eigenvalue weighted by Crippen LogP contribution is 2.29. The van der Waals surface area contributed by atoms with Crippen LogP contribution in [0.25, 0.3) is 0 Å². The van der Waals surface area contributed by atoms with Gasteiger partial charge in [-0.05, 0) is 54.9 Å². The molecule has 98 valence electrons. The summed E-state index contributed by atoms with van der Waals surface area (Å²) in [6.07, 6.45) is 0. The number of nitrogens with zero attached hydrogens (tertiary/aromatic N) is 1. The predicted molar refractivity (Wildman–Crippen MR) is 87.2 cm³/mol. The van der Waals surface area contributed by atoms with E-state index in [-0.39, 0.29) is 5.66 Å². The Balaban J connectivity index is 1.90. The minimum absolute atomic E-state index is 0.349. The molecular formula is C13H12BrN3S2. The number of hydrogen-bond acceptors (Lipinski definition) is 3. The van der Waals surface area contributed by atoms with E-state index in [0.29, 0.717) is 5.11 Å². The van der Waals surface area contributed by atoms with Gasteiger partial charge in [0.2, 0.25) is 0 Å². The fourth-order valence-corrected chi connectivity index (χ4v) is 3.44. The highest BCUT2D eigenvalue weighted by molar-refractivity contribution is 9.10. The van der Waals surface area contributed by atoms with E-state index >= 15 is 0 Å². The maximum Gasteiger partial charge on any atom is 0.190 e. The molecule has 1 saturated heterocycles. The van der Waals surface area contributed by atoms with Crippen LogP contribution in [0.15, 0.2) is 46.3 Å². The van der Waals surface area contributed by atoms with Crippen molar-refractivity contribution in [1.82, 2.24) is 10.7 Å². The molecule has 1 aromatic heterocycles. The molecule has 1 aliphatic rings. The van der Waals surface area contributed by atoms with Crippen LogP contribution in [0.5, 0.6) is 0 Å². The minimum atomic E-state index is -0.349. The van der Waals surface area contributed by atoms with Gasteiger partial charge in [0.15, 0.2) is 5.11 Å². The van der Waals surface area contributed by atoms with Gasteiger partial charge in [0, 0.05) is 9.35 Å². The molecule has 0 aliphatic carbocycles. The second kappa shape index (κ2) is 4.86. The normalized spacial score (nSPS) is 22.6. The van der Waals surface area contributed by atoms with Crippen molar-refractivity contribution in [2.75, 3.05) is 5.01 Å². The zero-order chi connectivity index (χ0) is 13.5. The van der Waals surface area contributed by atoms with Crippen molar-refractivity contribution in [3.63, 3.8) is 0 Å². The molecule has 1 atom stereocenters. The van der Waals surface area contributed by atoms with Crippen LogP contribution in [0.4, 0.5) is 5.69 Å². The van der Waals surface area contributed by atoms with Crippen LogP contribution in [0.2, 0.25) is 0 Å². The van der Waals surface area contributed by atoms with Gasteiger partial charge in [0.05, 0.1) is 5.69 Å². The molecule has 1 aromatic carbocycles. The summed E-state index contributed by atoms with van der Waals surface area (Å²) in [6, 6.07) is 12.2. The highest BCUT2D eigenvalue weighted by atomic mass is 79.9. The fourth-order valence-electron chi connectivity index (χ4n) is 2.02. The molecule has 3 nitrogen and oxygen atoms in total. The first-order valence-electron chi connectivity index (χ1n) is 5.78. The van der Waals surface area contributed by atoms with Gasteiger partial charge in [-0.1, -0.05) is 22.0 Å². The summed E-state index contributed by atoms with van der Waals surface area (Å²) < 4.78 is 1.05. The van der Waals surface area contributed by atoms with E-state index in [9.17, 15) is 0 Å². The number of nitrogens with one attached hydrogen (secondary N) is 2.